The Balaban J connectivity index is 2.67. The second-order valence-corrected chi connectivity index (χ2v) is 1.85. The van der Waals surface area contributed by atoms with Crippen LogP contribution in [-0.4, -0.2) is 21.1 Å². The fourth-order valence-electron chi connectivity index (χ4n) is 0.502. The molecule has 0 aliphatic heterocycles. The smallest absolute Gasteiger partial charge is 0.318 e. The molecular formula is C5H7N3O2. The zero-order valence-electron chi connectivity index (χ0n) is 5.74. The molecular weight excluding hydrogens is 134 g/mol. The summed E-state index contributed by atoms with van der Waals surface area (Å²) in [5, 5.41) is 7.08. The lowest BCUT2D eigenvalue weighted by atomic mass is 10.6. The van der Waals surface area contributed by atoms with Crippen LogP contribution in [0.15, 0.2) is 6.20 Å². The van der Waals surface area contributed by atoms with E-state index in [-0.39, 0.29) is 0 Å². The maximum absolute atomic E-state index is 10.3. The Morgan fingerprint density at radius 3 is 2.90 bits per heavy atom. The molecule has 10 heavy (non-hydrogen) atoms. The van der Waals surface area contributed by atoms with Crippen LogP contribution < -0.4 is 4.84 Å². The van der Waals surface area contributed by atoms with Gasteiger partial charge in [-0.2, -0.15) is 0 Å². The molecule has 0 N–H and O–H groups in total. The van der Waals surface area contributed by atoms with Crippen molar-refractivity contribution in [1.82, 2.24) is 15.2 Å². The largest absolute Gasteiger partial charge is 0.331 e. The molecule has 0 amide bonds. The molecule has 5 heteroatoms. The van der Waals surface area contributed by atoms with E-state index in [1.165, 1.54) is 13.1 Å². The highest BCUT2D eigenvalue weighted by Gasteiger charge is 1.97. The third kappa shape index (κ3) is 1.54. The summed E-state index contributed by atoms with van der Waals surface area (Å²) in [5.41, 5.74) is 0.709. The molecule has 0 aliphatic carbocycles. The van der Waals surface area contributed by atoms with Crippen LogP contribution in [0, 0.1) is 6.92 Å². The maximum atomic E-state index is 10.3. The SMILES string of the molecule is CC(=O)On1cc(C)nn1. The summed E-state index contributed by atoms with van der Waals surface area (Å²) in [5.74, 6) is -0.412. The highest BCUT2D eigenvalue weighted by Crippen LogP contribution is 1.85. The van der Waals surface area contributed by atoms with Crippen molar-refractivity contribution in [1.29, 1.82) is 0 Å². The quantitative estimate of drug-likeness (QED) is 0.497. The van der Waals surface area contributed by atoms with Gasteiger partial charge in [0.15, 0.2) is 0 Å². The molecule has 1 aromatic heterocycles. The standard InChI is InChI=1S/C5H7N3O2/c1-4-3-8(7-6-4)10-5(2)9/h3H,1-2H3. The van der Waals surface area contributed by atoms with Crippen molar-refractivity contribution in [2.24, 2.45) is 0 Å². The van der Waals surface area contributed by atoms with Crippen LogP contribution in [-0.2, 0) is 4.79 Å². The average molecular weight is 141 g/mol. The van der Waals surface area contributed by atoms with Crippen molar-refractivity contribution < 1.29 is 9.63 Å². The van der Waals surface area contributed by atoms with Gasteiger partial charge in [0.05, 0.1) is 11.9 Å². The number of hydrogen-bond acceptors (Lipinski definition) is 4. The number of nitrogens with zero attached hydrogens (tertiary/aromatic N) is 3. The minimum absolute atomic E-state index is 0.412. The molecule has 0 saturated carbocycles. The summed E-state index contributed by atoms with van der Waals surface area (Å²) >= 11 is 0. The second-order valence-electron chi connectivity index (χ2n) is 1.85. The van der Waals surface area contributed by atoms with Crippen molar-refractivity contribution in [3.8, 4) is 0 Å². The van der Waals surface area contributed by atoms with Gasteiger partial charge in [-0.25, -0.2) is 4.79 Å². The molecule has 0 aromatic carbocycles. The summed E-state index contributed by atoms with van der Waals surface area (Å²) in [6.45, 7) is 3.06. The minimum Gasteiger partial charge on any atom is -0.318 e. The van der Waals surface area contributed by atoms with Gasteiger partial charge >= 0.3 is 5.97 Å². The molecule has 0 fully saturated rings. The van der Waals surface area contributed by atoms with Crippen molar-refractivity contribution in [3.63, 3.8) is 0 Å². The van der Waals surface area contributed by atoms with Gasteiger partial charge in [0.1, 0.15) is 0 Å². The fraction of sp³-hybridized carbons (Fsp3) is 0.400. The Hall–Kier alpha value is -1.39. The first-order valence-electron chi connectivity index (χ1n) is 2.76. The highest BCUT2D eigenvalue weighted by atomic mass is 16.7. The number of rotatable bonds is 1. The van der Waals surface area contributed by atoms with Gasteiger partial charge in [-0.15, -0.1) is 5.10 Å². The van der Waals surface area contributed by atoms with E-state index in [2.05, 4.69) is 15.1 Å². The van der Waals surface area contributed by atoms with Gasteiger partial charge < -0.3 is 4.84 Å². The third-order valence-corrected chi connectivity index (χ3v) is 0.810. The first-order valence-corrected chi connectivity index (χ1v) is 2.76. The number of aryl methyl sites for hydroxylation is 1. The van der Waals surface area contributed by atoms with Crippen molar-refractivity contribution in [2.45, 2.75) is 13.8 Å². The molecule has 5 nitrogen and oxygen atoms in total. The molecule has 0 radical (unpaired) electrons. The van der Waals surface area contributed by atoms with E-state index >= 15 is 0 Å². The van der Waals surface area contributed by atoms with Crippen LogP contribution in [0.5, 0.6) is 0 Å². The zero-order chi connectivity index (χ0) is 7.56. The molecule has 0 unspecified atom stereocenters. The molecule has 1 rings (SSSR count). The molecule has 1 aromatic rings. The van der Waals surface area contributed by atoms with E-state index in [4.69, 9.17) is 0 Å². The monoisotopic (exact) mass is 141 g/mol. The first kappa shape index (κ1) is 6.73. The number of carbonyl (C=O) groups excluding carboxylic acids is 1. The molecule has 0 atom stereocenters. The first-order chi connectivity index (χ1) is 4.68. The molecule has 0 spiro atoms. The van der Waals surface area contributed by atoms with Crippen molar-refractivity contribution in [3.05, 3.63) is 11.9 Å². The normalized spacial score (nSPS) is 9.40. The average Bonchev–Trinajstić information content (AvgIpc) is 2.13. The van der Waals surface area contributed by atoms with Crippen LogP contribution in [0.25, 0.3) is 0 Å². The van der Waals surface area contributed by atoms with Crippen LogP contribution in [0.2, 0.25) is 0 Å². The number of aromatic nitrogens is 3. The van der Waals surface area contributed by atoms with Crippen molar-refractivity contribution >= 4 is 5.97 Å². The Bertz CT molecular complexity index is 243. The molecule has 0 saturated heterocycles. The summed E-state index contributed by atoms with van der Waals surface area (Å²) < 4.78 is 0. The highest BCUT2D eigenvalue weighted by molar-refractivity contribution is 5.66. The van der Waals surface area contributed by atoms with Crippen LogP contribution in [0.3, 0.4) is 0 Å². The number of carbonyl (C=O) groups is 1. The summed E-state index contributed by atoms with van der Waals surface area (Å²) in [4.78, 5) is 15.9. The number of hydrogen-bond donors (Lipinski definition) is 0. The molecule has 54 valence electrons. The summed E-state index contributed by atoms with van der Waals surface area (Å²) in [7, 11) is 0. The van der Waals surface area contributed by atoms with Gasteiger partial charge in [0.25, 0.3) is 0 Å². The Kier molecular flexibility index (Phi) is 1.66. The molecule has 0 bridgehead atoms. The maximum Gasteiger partial charge on any atom is 0.331 e. The Morgan fingerprint density at radius 2 is 2.50 bits per heavy atom. The van der Waals surface area contributed by atoms with E-state index in [0.717, 1.165) is 4.85 Å². The molecule has 1 heterocycles. The van der Waals surface area contributed by atoms with Gasteiger partial charge in [-0.05, 0) is 12.1 Å². The lowest BCUT2D eigenvalue weighted by molar-refractivity contribution is -0.143. The molecule has 0 aliphatic rings. The second kappa shape index (κ2) is 2.47. The van der Waals surface area contributed by atoms with Crippen LogP contribution in [0.1, 0.15) is 12.6 Å². The topological polar surface area (TPSA) is 57.0 Å². The van der Waals surface area contributed by atoms with Crippen LogP contribution >= 0.6 is 0 Å². The van der Waals surface area contributed by atoms with Gasteiger partial charge in [-0.1, -0.05) is 4.85 Å². The van der Waals surface area contributed by atoms with E-state index in [1.54, 1.807) is 6.92 Å². The third-order valence-electron chi connectivity index (χ3n) is 0.810. The van der Waals surface area contributed by atoms with Crippen molar-refractivity contribution in [2.75, 3.05) is 0 Å². The predicted octanol–water partition coefficient (Wildman–Crippen LogP) is -0.438. The summed E-state index contributed by atoms with van der Waals surface area (Å²) in [6, 6.07) is 0. The van der Waals surface area contributed by atoms with E-state index in [9.17, 15) is 4.79 Å². The zero-order valence-corrected chi connectivity index (χ0v) is 5.74. The van der Waals surface area contributed by atoms with E-state index in [0.29, 0.717) is 5.69 Å². The minimum atomic E-state index is -0.412. The lowest BCUT2D eigenvalue weighted by Crippen LogP contribution is -2.16. The van der Waals surface area contributed by atoms with E-state index in [1.807, 2.05) is 0 Å². The predicted molar refractivity (Wildman–Crippen MR) is 32.0 cm³/mol. The Labute approximate surface area is 57.6 Å². The van der Waals surface area contributed by atoms with Gasteiger partial charge in [0, 0.05) is 6.92 Å². The van der Waals surface area contributed by atoms with Gasteiger partial charge in [0.2, 0.25) is 0 Å². The van der Waals surface area contributed by atoms with Gasteiger partial charge in [-0.3, -0.25) is 0 Å². The summed E-state index contributed by atoms with van der Waals surface area (Å²) in [6.07, 6.45) is 1.52. The van der Waals surface area contributed by atoms with E-state index < -0.39 is 5.97 Å². The van der Waals surface area contributed by atoms with Crippen LogP contribution in [0.4, 0.5) is 0 Å². The fourth-order valence-corrected chi connectivity index (χ4v) is 0.502. The lowest BCUT2D eigenvalue weighted by Gasteiger charge is -1.93. The Morgan fingerprint density at radius 1 is 1.80 bits per heavy atom.